The number of morpholine rings is 1. The van der Waals surface area contributed by atoms with E-state index in [-0.39, 0.29) is 12.0 Å². The molecule has 0 amide bonds. The Bertz CT molecular complexity index is 953. The maximum absolute atomic E-state index is 10.1. The smallest absolute Gasteiger partial charge is 0.102 e. The van der Waals surface area contributed by atoms with Crippen molar-refractivity contribution in [3.63, 3.8) is 0 Å². The molecule has 2 aliphatic carbocycles. The molecular weight excluding hydrogens is 348 g/mol. The molecule has 0 aromatic heterocycles. The largest absolute Gasteiger partial charge is 0.378 e. The molecule has 2 unspecified atom stereocenters. The van der Waals surface area contributed by atoms with E-state index >= 15 is 0 Å². The summed E-state index contributed by atoms with van der Waals surface area (Å²) in [6.45, 7) is 6.36. The molecule has 3 aliphatic rings. The summed E-state index contributed by atoms with van der Waals surface area (Å²) in [5.74, 6) is -0.0493. The van der Waals surface area contributed by atoms with Crippen LogP contribution in [-0.4, -0.2) is 44.0 Å². The van der Waals surface area contributed by atoms with Crippen molar-refractivity contribution in [2.45, 2.75) is 18.9 Å². The van der Waals surface area contributed by atoms with Crippen molar-refractivity contribution >= 4 is 12.8 Å². The number of benzene rings is 1. The van der Waals surface area contributed by atoms with Crippen molar-refractivity contribution in [1.82, 2.24) is 4.90 Å². The molecule has 0 bridgehead atoms. The summed E-state index contributed by atoms with van der Waals surface area (Å²) in [5, 5.41) is 20.2. The summed E-state index contributed by atoms with van der Waals surface area (Å²) in [5.41, 5.74) is 5.11. The average molecular weight is 370 g/mol. The summed E-state index contributed by atoms with van der Waals surface area (Å²) >= 11 is 0. The molecule has 0 N–H and O–H groups in total. The minimum Gasteiger partial charge on any atom is -0.378 e. The van der Waals surface area contributed by atoms with Gasteiger partial charge in [0.1, 0.15) is 12.1 Å². The van der Waals surface area contributed by atoms with Crippen LogP contribution in [0, 0.1) is 28.6 Å². The van der Waals surface area contributed by atoms with Crippen molar-refractivity contribution in [2.24, 2.45) is 10.9 Å². The van der Waals surface area contributed by atoms with Gasteiger partial charge in [-0.25, -0.2) is 0 Å². The molecule has 1 aromatic carbocycles. The van der Waals surface area contributed by atoms with Crippen LogP contribution in [-0.2, 0) is 4.74 Å². The lowest BCUT2D eigenvalue weighted by Gasteiger charge is -2.36. The van der Waals surface area contributed by atoms with E-state index in [4.69, 9.17) is 4.74 Å². The second kappa shape index (κ2) is 7.84. The van der Waals surface area contributed by atoms with Crippen molar-refractivity contribution in [2.75, 3.05) is 26.3 Å². The Hall–Kier alpha value is -3.15. The van der Waals surface area contributed by atoms with E-state index in [2.05, 4.69) is 34.8 Å². The van der Waals surface area contributed by atoms with Gasteiger partial charge in [-0.1, -0.05) is 30.3 Å². The van der Waals surface area contributed by atoms with Crippen LogP contribution in [0.2, 0.25) is 0 Å². The van der Waals surface area contributed by atoms with Gasteiger partial charge in [-0.2, -0.15) is 10.5 Å². The summed E-state index contributed by atoms with van der Waals surface area (Å²) in [6, 6.07) is 14.9. The third kappa shape index (κ3) is 3.05. The summed E-state index contributed by atoms with van der Waals surface area (Å²) in [6.07, 6.45) is 3.76. The van der Waals surface area contributed by atoms with Crippen molar-refractivity contribution < 1.29 is 4.74 Å². The van der Waals surface area contributed by atoms with Gasteiger partial charge in [0.25, 0.3) is 0 Å². The highest BCUT2D eigenvalue weighted by Gasteiger charge is 2.43. The monoisotopic (exact) mass is 370 g/mol. The zero-order valence-electron chi connectivity index (χ0n) is 15.8. The lowest BCUT2D eigenvalue weighted by molar-refractivity contribution is 0.0545. The molecule has 1 aliphatic heterocycles. The topological polar surface area (TPSA) is 72.4 Å². The Morgan fingerprint density at radius 2 is 1.82 bits per heavy atom. The Kier molecular flexibility index (Phi) is 5.10. The van der Waals surface area contributed by atoms with Gasteiger partial charge in [0, 0.05) is 19.0 Å². The summed E-state index contributed by atoms with van der Waals surface area (Å²) < 4.78 is 5.49. The Morgan fingerprint density at radius 1 is 1.11 bits per heavy atom. The van der Waals surface area contributed by atoms with E-state index < -0.39 is 0 Å². The van der Waals surface area contributed by atoms with Crippen molar-refractivity contribution in [1.29, 1.82) is 10.5 Å². The third-order valence-electron chi connectivity index (χ3n) is 5.80. The second-order valence-electron chi connectivity index (χ2n) is 7.22. The Labute approximate surface area is 165 Å². The van der Waals surface area contributed by atoms with Gasteiger partial charge in [0.15, 0.2) is 0 Å². The number of rotatable bonds is 3. The first kappa shape index (κ1) is 18.2. The number of allylic oxidation sites excluding steroid dienone is 2. The van der Waals surface area contributed by atoms with E-state index in [1.807, 2.05) is 30.3 Å². The van der Waals surface area contributed by atoms with Crippen LogP contribution in [0.4, 0.5) is 0 Å². The van der Waals surface area contributed by atoms with Crippen LogP contribution < -0.4 is 0 Å². The lowest BCUT2D eigenvalue weighted by atomic mass is 9.76. The molecule has 5 heteroatoms. The normalized spacial score (nSPS) is 26.1. The number of fused-ring (bicyclic) bond motifs is 1. The zero-order valence-corrected chi connectivity index (χ0v) is 15.8. The predicted molar refractivity (Wildman–Crippen MR) is 108 cm³/mol. The average Bonchev–Trinajstić information content (AvgIpc) is 3.18. The molecule has 2 atom stereocenters. The van der Waals surface area contributed by atoms with Crippen molar-refractivity contribution in [3.05, 3.63) is 63.9 Å². The Balaban J connectivity index is 1.94. The fourth-order valence-corrected chi connectivity index (χ4v) is 4.54. The van der Waals surface area contributed by atoms with Gasteiger partial charge in [0.2, 0.25) is 0 Å². The molecular formula is C23H22N4O. The highest BCUT2D eigenvalue weighted by molar-refractivity contribution is 5.72. The van der Waals surface area contributed by atoms with Crippen LogP contribution in [0.5, 0.6) is 0 Å². The van der Waals surface area contributed by atoms with Crippen LogP contribution in [0.1, 0.15) is 18.4 Å². The number of aliphatic imine (C=N–C) groups is 1. The molecule has 4 rings (SSSR count). The molecule has 1 heterocycles. The highest BCUT2D eigenvalue weighted by Crippen LogP contribution is 2.49. The summed E-state index contributed by atoms with van der Waals surface area (Å²) in [4.78, 5) is 6.47. The standard InChI is InChI=1S/C23H22N4O/c1-26-21-8-7-17-19(14-24)23(27-9-11-28-12-10-27)20(15-25)18(22(17)21)13-16-5-3-2-4-6-16/h2-6,13,21-22H,1,7-12H2. The van der Waals surface area contributed by atoms with Gasteiger partial charge in [0.05, 0.1) is 36.1 Å². The van der Waals surface area contributed by atoms with E-state index in [0.29, 0.717) is 37.4 Å². The highest BCUT2D eigenvalue weighted by atomic mass is 16.5. The van der Waals surface area contributed by atoms with E-state index in [1.165, 1.54) is 0 Å². The first-order valence-corrected chi connectivity index (χ1v) is 9.62. The fourth-order valence-electron chi connectivity index (χ4n) is 4.54. The molecule has 1 saturated carbocycles. The van der Waals surface area contributed by atoms with Crippen LogP contribution >= 0.6 is 0 Å². The van der Waals surface area contributed by atoms with Crippen LogP contribution in [0.25, 0.3) is 6.08 Å². The molecule has 1 saturated heterocycles. The molecule has 5 nitrogen and oxygen atoms in total. The molecule has 140 valence electrons. The maximum atomic E-state index is 10.1. The van der Waals surface area contributed by atoms with E-state index in [1.54, 1.807) is 0 Å². The Morgan fingerprint density at radius 3 is 2.46 bits per heavy atom. The van der Waals surface area contributed by atoms with Crippen molar-refractivity contribution in [3.8, 4) is 12.1 Å². The van der Waals surface area contributed by atoms with Gasteiger partial charge in [-0.05, 0) is 42.3 Å². The number of nitrogens with zero attached hydrogens (tertiary/aromatic N) is 4. The van der Waals surface area contributed by atoms with Crippen LogP contribution in [0.3, 0.4) is 0 Å². The zero-order chi connectivity index (χ0) is 19.5. The minimum absolute atomic E-state index is 0.00269. The number of hydrogen-bond donors (Lipinski definition) is 0. The minimum atomic E-state index is -0.0493. The van der Waals surface area contributed by atoms with Gasteiger partial charge in [-0.3, -0.25) is 4.99 Å². The molecule has 0 radical (unpaired) electrons. The molecule has 2 fully saturated rings. The first-order valence-electron chi connectivity index (χ1n) is 9.62. The van der Waals surface area contributed by atoms with Gasteiger partial charge < -0.3 is 9.64 Å². The van der Waals surface area contributed by atoms with Gasteiger partial charge >= 0.3 is 0 Å². The van der Waals surface area contributed by atoms with E-state index in [0.717, 1.165) is 35.2 Å². The second-order valence-corrected chi connectivity index (χ2v) is 7.22. The molecule has 0 spiro atoms. The number of hydrogen-bond acceptors (Lipinski definition) is 5. The number of ether oxygens (including phenoxy) is 1. The maximum Gasteiger partial charge on any atom is 0.102 e. The molecule has 1 aromatic rings. The predicted octanol–water partition coefficient (Wildman–Crippen LogP) is 3.49. The fraction of sp³-hybridized carbons (Fsp3) is 0.348. The number of nitriles is 2. The van der Waals surface area contributed by atoms with E-state index in [9.17, 15) is 10.5 Å². The van der Waals surface area contributed by atoms with Crippen LogP contribution in [0.15, 0.2) is 63.3 Å². The summed E-state index contributed by atoms with van der Waals surface area (Å²) in [7, 11) is 0. The SMILES string of the molecule is C=NC1CCC2=C(C#N)C(N3CCOCC3)=C(C#N)C(=Cc3ccccc3)C21. The van der Waals surface area contributed by atoms with Gasteiger partial charge in [-0.15, -0.1) is 0 Å². The molecule has 28 heavy (non-hydrogen) atoms. The third-order valence-corrected chi connectivity index (χ3v) is 5.80. The quantitative estimate of drug-likeness (QED) is 0.764. The lowest BCUT2D eigenvalue weighted by Crippen LogP contribution is -2.38. The first-order chi connectivity index (χ1) is 13.8.